The van der Waals surface area contributed by atoms with E-state index in [0.717, 1.165) is 35.9 Å². The van der Waals surface area contributed by atoms with Crippen molar-refractivity contribution in [3.63, 3.8) is 0 Å². The highest BCUT2D eigenvalue weighted by molar-refractivity contribution is 7.99. The highest BCUT2D eigenvalue weighted by Gasteiger charge is 2.18. The summed E-state index contributed by atoms with van der Waals surface area (Å²) in [5.41, 5.74) is 2.42. The predicted octanol–water partition coefficient (Wildman–Crippen LogP) is 2.30. The number of amides is 1. The van der Waals surface area contributed by atoms with Gasteiger partial charge in [0.15, 0.2) is 16.3 Å². The van der Waals surface area contributed by atoms with E-state index in [1.807, 2.05) is 24.4 Å². The summed E-state index contributed by atoms with van der Waals surface area (Å²) in [7, 11) is 0. The molecule has 1 fully saturated rings. The summed E-state index contributed by atoms with van der Waals surface area (Å²) in [6, 6.07) is 8.06. The quantitative estimate of drug-likeness (QED) is 0.304. The number of carbonyl (C=O) groups is 1. The molecular weight excluding hydrogens is 440 g/mol. The Balaban J connectivity index is 1.35. The Morgan fingerprint density at radius 3 is 3.03 bits per heavy atom. The normalized spacial score (nSPS) is 15.9. The van der Waals surface area contributed by atoms with Crippen molar-refractivity contribution in [3.05, 3.63) is 58.8 Å². The molecule has 1 aliphatic heterocycles. The number of ether oxygens (including phenoxy) is 1. The Hall–Kier alpha value is -3.24. The molecule has 1 aliphatic rings. The van der Waals surface area contributed by atoms with E-state index in [0.29, 0.717) is 24.7 Å². The first-order valence-corrected chi connectivity index (χ1v) is 12.0. The van der Waals surface area contributed by atoms with Crippen LogP contribution in [0.25, 0.3) is 22.1 Å². The molecule has 1 amide bonds. The molecule has 1 atom stereocenters. The molecule has 1 aromatic carbocycles. The van der Waals surface area contributed by atoms with E-state index >= 15 is 0 Å². The summed E-state index contributed by atoms with van der Waals surface area (Å²) in [5, 5.41) is 4.49. The van der Waals surface area contributed by atoms with Gasteiger partial charge >= 0.3 is 0 Å². The molecule has 2 N–H and O–H groups in total. The van der Waals surface area contributed by atoms with Crippen LogP contribution in [0.3, 0.4) is 0 Å². The molecule has 0 bridgehead atoms. The molecule has 1 saturated heterocycles. The summed E-state index contributed by atoms with van der Waals surface area (Å²) >= 11 is 1.23. The summed E-state index contributed by atoms with van der Waals surface area (Å²) < 4.78 is 7.14. The lowest BCUT2D eigenvalue weighted by atomic mass is 10.1. The maximum Gasteiger partial charge on any atom is 0.282 e. The Bertz CT molecular complexity index is 1350. The number of nitrogens with zero attached hydrogens (tertiary/aromatic N) is 4. The highest BCUT2D eigenvalue weighted by Crippen LogP contribution is 2.21. The van der Waals surface area contributed by atoms with Crippen LogP contribution in [0.15, 0.2) is 52.8 Å². The number of hydrogen-bond donors (Lipinski definition) is 2. The van der Waals surface area contributed by atoms with E-state index in [1.165, 1.54) is 24.2 Å². The summed E-state index contributed by atoms with van der Waals surface area (Å²) in [4.78, 5) is 41.8. The van der Waals surface area contributed by atoms with Crippen LogP contribution in [-0.2, 0) is 22.5 Å². The average molecular weight is 465 g/mol. The van der Waals surface area contributed by atoms with Crippen LogP contribution < -0.4 is 10.9 Å². The zero-order valence-electron chi connectivity index (χ0n) is 18.0. The van der Waals surface area contributed by atoms with Crippen LogP contribution in [0.1, 0.15) is 18.4 Å². The molecule has 4 aromatic rings. The molecule has 3 aromatic heterocycles. The van der Waals surface area contributed by atoms with Gasteiger partial charge in [-0.05, 0) is 30.9 Å². The number of fused-ring (bicyclic) bond motifs is 2. The highest BCUT2D eigenvalue weighted by atomic mass is 32.2. The van der Waals surface area contributed by atoms with E-state index in [4.69, 9.17) is 4.74 Å². The van der Waals surface area contributed by atoms with Crippen LogP contribution in [0, 0.1) is 0 Å². The number of benzene rings is 1. The number of thioether (sulfide) groups is 1. The predicted molar refractivity (Wildman–Crippen MR) is 126 cm³/mol. The van der Waals surface area contributed by atoms with Gasteiger partial charge in [-0.2, -0.15) is 0 Å². The number of aromatic nitrogens is 5. The van der Waals surface area contributed by atoms with Gasteiger partial charge in [0.1, 0.15) is 0 Å². The second-order valence-corrected chi connectivity index (χ2v) is 8.86. The molecule has 0 saturated carbocycles. The third kappa shape index (κ3) is 4.76. The van der Waals surface area contributed by atoms with E-state index < -0.39 is 0 Å². The number of H-pyrrole nitrogens is 1. The summed E-state index contributed by atoms with van der Waals surface area (Å²) in [6.45, 7) is 1.67. The minimum atomic E-state index is -0.254. The van der Waals surface area contributed by atoms with Crippen LogP contribution in [0.2, 0.25) is 0 Å². The smallest absolute Gasteiger partial charge is 0.282 e. The van der Waals surface area contributed by atoms with Gasteiger partial charge in [-0.1, -0.05) is 30.0 Å². The minimum absolute atomic E-state index is 0.0855. The number of rotatable bonds is 8. The van der Waals surface area contributed by atoms with Gasteiger partial charge in [0.25, 0.3) is 5.56 Å². The van der Waals surface area contributed by atoms with Crippen LogP contribution in [-0.4, -0.2) is 55.4 Å². The van der Waals surface area contributed by atoms with Crippen LogP contribution in [0.4, 0.5) is 0 Å². The second-order valence-electron chi connectivity index (χ2n) is 7.92. The second kappa shape index (κ2) is 9.72. The third-order valence-corrected chi connectivity index (χ3v) is 6.70. The number of nitrogens with one attached hydrogen (secondary N) is 2. The maximum atomic E-state index is 13.2. The molecule has 1 unspecified atom stereocenters. The fourth-order valence-corrected chi connectivity index (χ4v) is 4.86. The van der Waals surface area contributed by atoms with Crippen molar-refractivity contribution in [2.45, 2.75) is 37.1 Å². The van der Waals surface area contributed by atoms with Crippen molar-refractivity contribution in [1.29, 1.82) is 0 Å². The lowest BCUT2D eigenvalue weighted by molar-refractivity contribution is -0.119. The zero-order valence-corrected chi connectivity index (χ0v) is 18.8. The van der Waals surface area contributed by atoms with Gasteiger partial charge in [-0.25, -0.2) is 15.0 Å². The summed E-state index contributed by atoms with van der Waals surface area (Å²) in [5.74, 6) is 0.0324. The average Bonchev–Trinajstić information content (AvgIpc) is 3.51. The van der Waals surface area contributed by atoms with Crippen molar-refractivity contribution in [1.82, 2.24) is 29.8 Å². The molecule has 0 spiro atoms. The first-order chi connectivity index (χ1) is 16.2. The van der Waals surface area contributed by atoms with Crippen molar-refractivity contribution in [3.8, 4) is 0 Å². The Morgan fingerprint density at radius 1 is 1.27 bits per heavy atom. The van der Waals surface area contributed by atoms with Gasteiger partial charge in [-0.3, -0.25) is 14.2 Å². The van der Waals surface area contributed by atoms with Crippen LogP contribution in [0.5, 0.6) is 0 Å². The third-order valence-electron chi connectivity index (χ3n) is 5.72. The van der Waals surface area contributed by atoms with E-state index in [-0.39, 0.29) is 34.5 Å². The number of aryl methyl sites for hydroxylation is 1. The molecular formula is C23H24N6O3S. The zero-order chi connectivity index (χ0) is 22.6. The fraction of sp³-hybridized carbons (Fsp3) is 0.348. The Morgan fingerprint density at radius 2 is 2.15 bits per heavy atom. The fourth-order valence-electron chi connectivity index (χ4n) is 4.02. The number of carbonyl (C=O) groups excluding carboxylic acids is 1. The van der Waals surface area contributed by atoms with Crippen molar-refractivity contribution in [2.75, 3.05) is 18.9 Å². The van der Waals surface area contributed by atoms with Gasteiger partial charge < -0.3 is 15.0 Å². The van der Waals surface area contributed by atoms with Gasteiger partial charge in [-0.15, -0.1) is 0 Å². The monoisotopic (exact) mass is 464 g/mol. The largest absolute Gasteiger partial charge is 0.376 e. The number of hydrogen-bond acceptors (Lipinski definition) is 7. The lowest BCUT2D eigenvalue weighted by Crippen LogP contribution is -2.33. The first-order valence-electron chi connectivity index (χ1n) is 11.0. The van der Waals surface area contributed by atoms with Gasteiger partial charge in [0.05, 0.1) is 11.9 Å². The minimum Gasteiger partial charge on any atom is -0.376 e. The molecule has 10 heteroatoms. The molecule has 0 radical (unpaired) electrons. The molecule has 0 aliphatic carbocycles. The maximum absolute atomic E-state index is 13.2. The van der Waals surface area contributed by atoms with Crippen molar-refractivity contribution in [2.24, 2.45) is 0 Å². The van der Waals surface area contributed by atoms with Crippen LogP contribution >= 0.6 is 11.8 Å². The van der Waals surface area contributed by atoms with E-state index in [2.05, 4.69) is 31.3 Å². The molecule has 170 valence electrons. The molecule has 33 heavy (non-hydrogen) atoms. The van der Waals surface area contributed by atoms with Gasteiger partial charge in [0, 0.05) is 49.2 Å². The summed E-state index contributed by atoms with van der Waals surface area (Å²) in [6.07, 6.45) is 7.67. The first kappa shape index (κ1) is 21.6. The topological polar surface area (TPSA) is 115 Å². The Labute approximate surface area is 194 Å². The molecule has 4 heterocycles. The van der Waals surface area contributed by atoms with Gasteiger partial charge in [0.2, 0.25) is 5.91 Å². The van der Waals surface area contributed by atoms with E-state index in [9.17, 15) is 9.59 Å². The standard InChI is InChI=1S/C23H24N6O3S/c30-19(27-13-16-4-3-11-32-16)14-33-23-28-21-20(24-8-9-25-21)22(31)29(23)10-7-15-12-26-18-6-2-1-5-17(15)18/h1-2,5-6,8-9,12,16,26H,3-4,7,10-11,13-14H2,(H,27,30). The molecule has 9 nitrogen and oxygen atoms in total. The SMILES string of the molecule is O=C(CSc1nc2nccnc2c(=O)n1CCc1c[nH]c2ccccc12)NCC1CCCO1. The number of aromatic amines is 1. The lowest BCUT2D eigenvalue weighted by Gasteiger charge is -2.13. The van der Waals surface area contributed by atoms with Crippen molar-refractivity contribution < 1.29 is 9.53 Å². The number of para-hydroxylation sites is 1. The van der Waals surface area contributed by atoms with E-state index in [1.54, 1.807) is 4.57 Å². The Kier molecular flexibility index (Phi) is 6.36. The van der Waals surface area contributed by atoms with Crippen molar-refractivity contribution >= 4 is 39.7 Å². The molecule has 5 rings (SSSR count).